The lowest BCUT2D eigenvalue weighted by molar-refractivity contribution is 0.218. The normalized spacial score (nSPS) is 21.7. The van der Waals surface area contributed by atoms with Gasteiger partial charge in [0.1, 0.15) is 16.7 Å². The van der Waals surface area contributed by atoms with Gasteiger partial charge in [0, 0.05) is 24.2 Å². The molecule has 0 bridgehead atoms. The van der Waals surface area contributed by atoms with Crippen molar-refractivity contribution in [2.45, 2.75) is 48.9 Å². The summed E-state index contributed by atoms with van der Waals surface area (Å²) in [7, 11) is 0. The van der Waals surface area contributed by atoms with E-state index in [9.17, 15) is 0 Å². The SMILES string of the molecule is C[C@@H]1CCC2(CCN(c3cnc(Sc4ccnc(N)c4Cl)c(N)n3)CC2)C1. The first-order valence-corrected chi connectivity index (χ1v) is 10.6. The lowest BCUT2D eigenvalue weighted by atomic mass is 9.76. The van der Waals surface area contributed by atoms with Gasteiger partial charge in [-0.05, 0) is 43.1 Å². The van der Waals surface area contributed by atoms with Crippen LogP contribution in [0.2, 0.25) is 5.02 Å². The monoisotopic (exact) mass is 404 g/mol. The molecule has 2 aromatic rings. The molecule has 2 aliphatic rings. The Labute approximate surface area is 169 Å². The Bertz CT molecular complexity index is 837. The highest BCUT2D eigenvalue weighted by Gasteiger charge is 2.40. The summed E-state index contributed by atoms with van der Waals surface area (Å²) >= 11 is 7.57. The van der Waals surface area contributed by atoms with Gasteiger partial charge in [-0.2, -0.15) is 0 Å². The molecule has 2 fully saturated rings. The zero-order valence-corrected chi connectivity index (χ0v) is 17.1. The van der Waals surface area contributed by atoms with Crippen molar-refractivity contribution in [3.63, 3.8) is 0 Å². The standard InChI is InChI=1S/C19H25ClN6S/c1-12-2-4-19(10-12)5-8-26(9-6-19)14-11-24-18(17(22)25-14)27-13-3-7-23-16(21)15(13)20/h3,7,11-12H,2,4-6,8-10H2,1H3,(H2,21,23)(H2,22,25)/t12-/m1/s1. The van der Waals surface area contributed by atoms with Crippen molar-refractivity contribution in [3.8, 4) is 0 Å². The van der Waals surface area contributed by atoms with Crippen molar-refractivity contribution in [3.05, 3.63) is 23.5 Å². The molecule has 1 aliphatic carbocycles. The van der Waals surface area contributed by atoms with Crippen LogP contribution < -0.4 is 16.4 Å². The Hall–Kier alpha value is -1.73. The van der Waals surface area contributed by atoms with E-state index >= 15 is 0 Å². The van der Waals surface area contributed by atoms with Gasteiger partial charge in [0.25, 0.3) is 0 Å². The second-order valence-electron chi connectivity index (χ2n) is 7.86. The number of halogens is 1. The molecule has 6 nitrogen and oxygen atoms in total. The second-order valence-corrected chi connectivity index (χ2v) is 9.27. The van der Waals surface area contributed by atoms with E-state index in [1.54, 1.807) is 12.3 Å². The molecule has 1 saturated carbocycles. The van der Waals surface area contributed by atoms with Crippen LogP contribution in [0.4, 0.5) is 17.5 Å². The van der Waals surface area contributed by atoms with Gasteiger partial charge in [0.15, 0.2) is 5.82 Å². The maximum Gasteiger partial charge on any atom is 0.158 e. The molecule has 2 aromatic heterocycles. The summed E-state index contributed by atoms with van der Waals surface area (Å²) in [5.74, 6) is 2.45. The molecule has 4 N–H and O–H groups in total. The fraction of sp³-hybridized carbons (Fsp3) is 0.526. The van der Waals surface area contributed by atoms with E-state index in [-0.39, 0.29) is 0 Å². The highest BCUT2D eigenvalue weighted by Crippen LogP contribution is 2.49. The molecule has 3 heterocycles. The summed E-state index contributed by atoms with van der Waals surface area (Å²) in [6.07, 6.45) is 10.0. The number of aromatic nitrogens is 3. The van der Waals surface area contributed by atoms with E-state index in [0.717, 1.165) is 29.7 Å². The molecule has 1 spiro atoms. The van der Waals surface area contributed by atoms with Crippen LogP contribution in [0.5, 0.6) is 0 Å². The average molecular weight is 405 g/mol. The molecule has 4 rings (SSSR count). The number of piperidine rings is 1. The number of nitrogens with zero attached hydrogens (tertiary/aromatic N) is 4. The van der Waals surface area contributed by atoms with Gasteiger partial charge in [-0.1, -0.05) is 36.7 Å². The van der Waals surface area contributed by atoms with Crippen LogP contribution in [-0.4, -0.2) is 28.0 Å². The van der Waals surface area contributed by atoms with Crippen molar-refractivity contribution in [2.24, 2.45) is 11.3 Å². The maximum absolute atomic E-state index is 6.21. The third-order valence-corrected chi connectivity index (χ3v) is 7.51. The minimum atomic E-state index is 0.299. The largest absolute Gasteiger partial charge is 0.382 e. The van der Waals surface area contributed by atoms with Gasteiger partial charge in [0.05, 0.1) is 11.2 Å². The lowest BCUT2D eigenvalue weighted by Crippen LogP contribution is -2.39. The Morgan fingerprint density at radius 3 is 2.63 bits per heavy atom. The molecule has 27 heavy (non-hydrogen) atoms. The number of pyridine rings is 1. The lowest BCUT2D eigenvalue weighted by Gasteiger charge is -2.40. The highest BCUT2D eigenvalue weighted by atomic mass is 35.5. The van der Waals surface area contributed by atoms with E-state index < -0.39 is 0 Å². The van der Waals surface area contributed by atoms with Crippen molar-refractivity contribution in [2.75, 3.05) is 29.5 Å². The van der Waals surface area contributed by atoms with Gasteiger partial charge in [-0.15, -0.1) is 0 Å². The number of anilines is 3. The van der Waals surface area contributed by atoms with Crippen molar-refractivity contribution < 1.29 is 0 Å². The average Bonchev–Trinajstić information content (AvgIpc) is 3.01. The Kier molecular flexibility index (Phi) is 5.07. The first-order valence-electron chi connectivity index (χ1n) is 9.41. The van der Waals surface area contributed by atoms with Crippen molar-refractivity contribution in [1.82, 2.24) is 15.0 Å². The molecule has 1 saturated heterocycles. The summed E-state index contributed by atoms with van der Waals surface area (Å²) in [5.41, 5.74) is 12.5. The Morgan fingerprint density at radius 1 is 1.19 bits per heavy atom. The summed E-state index contributed by atoms with van der Waals surface area (Å²) in [4.78, 5) is 16.2. The summed E-state index contributed by atoms with van der Waals surface area (Å²) in [6.45, 7) is 4.44. The van der Waals surface area contributed by atoms with Gasteiger partial charge in [-0.25, -0.2) is 15.0 Å². The summed E-state index contributed by atoms with van der Waals surface area (Å²) in [6, 6.07) is 1.80. The molecular formula is C19H25ClN6S. The van der Waals surface area contributed by atoms with E-state index in [1.165, 1.54) is 43.9 Å². The van der Waals surface area contributed by atoms with Crippen LogP contribution in [0.1, 0.15) is 39.0 Å². The number of hydrogen-bond acceptors (Lipinski definition) is 7. The summed E-state index contributed by atoms with van der Waals surface area (Å²) < 4.78 is 0. The van der Waals surface area contributed by atoms with Crippen LogP contribution in [0.15, 0.2) is 28.4 Å². The van der Waals surface area contributed by atoms with Crippen molar-refractivity contribution >= 4 is 40.8 Å². The van der Waals surface area contributed by atoms with E-state index in [2.05, 4.69) is 26.8 Å². The Balaban J connectivity index is 1.45. The minimum absolute atomic E-state index is 0.299. The molecule has 0 unspecified atom stereocenters. The van der Waals surface area contributed by atoms with Crippen LogP contribution >= 0.6 is 23.4 Å². The van der Waals surface area contributed by atoms with E-state index in [0.29, 0.717) is 27.1 Å². The fourth-order valence-corrected chi connectivity index (χ4v) is 5.41. The third kappa shape index (κ3) is 3.80. The third-order valence-electron chi connectivity index (χ3n) is 5.94. The molecule has 144 valence electrons. The molecular weight excluding hydrogens is 380 g/mol. The highest BCUT2D eigenvalue weighted by molar-refractivity contribution is 7.99. The molecule has 8 heteroatoms. The number of nitrogen functional groups attached to an aromatic ring is 2. The topological polar surface area (TPSA) is 94.0 Å². The van der Waals surface area contributed by atoms with Crippen LogP contribution in [-0.2, 0) is 0 Å². The maximum atomic E-state index is 6.21. The first kappa shape index (κ1) is 18.6. The van der Waals surface area contributed by atoms with Gasteiger partial charge in [0.2, 0.25) is 0 Å². The van der Waals surface area contributed by atoms with Gasteiger partial charge >= 0.3 is 0 Å². The molecule has 1 atom stereocenters. The van der Waals surface area contributed by atoms with Crippen molar-refractivity contribution in [1.29, 1.82) is 0 Å². The Morgan fingerprint density at radius 2 is 1.96 bits per heavy atom. The molecule has 1 aliphatic heterocycles. The van der Waals surface area contributed by atoms with Crippen LogP contribution in [0, 0.1) is 11.3 Å². The van der Waals surface area contributed by atoms with Gasteiger partial charge < -0.3 is 16.4 Å². The molecule has 0 radical (unpaired) electrons. The zero-order valence-electron chi connectivity index (χ0n) is 15.5. The van der Waals surface area contributed by atoms with Crippen LogP contribution in [0.3, 0.4) is 0 Å². The van der Waals surface area contributed by atoms with E-state index in [4.69, 9.17) is 23.1 Å². The molecule has 0 aromatic carbocycles. The van der Waals surface area contributed by atoms with E-state index in [1.807, 2.05) is 6.20 Å². The quantitative estimate of drug-likeness (QED) is 0.789. The van der Waals surface area contributed by atoms with Crippen LogP contribution in [0.25, 0.3) is 0 Å². The predicted octanol–water partition coefficient (Wildman–Crippen LogP) is 4.25. The fourth-order valence-electron chi connectivity index (χ4n) is 4.40. The second kappa shape index (κ2) is 7.36. The van der Waals surface area contributed by atoms with Gasteiger partial charge in [-0.3, -0.25) is 0 Å². The zero-order chi connectivity index (χ0) is 19.0. The molecule has 0 amide bonds. The number of nitrogens with two attached hydrogens (primary N) is 2. The smallest absolute Gasteiger partial charge is 0.158 e. The summed E-state index contributed by atoms with van der Waals surface area (Å²) in [5, 5.41) is 1.05. The number of rotatable bonds is 3. The minimum Gasteiger partial charge on any atom is -0.382 e. The predicted molar refractivity (Wildman–Crippen MR) is 111 cm³/mol. The number of hydrogen-bond donors (Lipinski definition) is 2. The first-order chi connectivity index (χ1) is 13.0.